The minimum atomic E-state index is -0.273. The number of fused-ring (bicyclic) bond motifs is 9. The van der Waals surface area contributed by atoms with Crippen LogP contribution in [0.15, 0.2) is 186 Å². The van der Waals surface area contributed by atoms with E-state index in [0.29, 0.717) is 0 Å². The lowest BCUT2D eigenvalue weighted by molar-refractivity contribution is 0.627. The number of benzene rings is 8. The normalized spacial score (nSPS) is 11.9. The van der Waals surface area contributed by atoms with E-state index in [4.69, 9.17) is 4.42 Å². The van der Waals surface area contributed by atoms with E-state index in [9.17, 15) is 4.39 Å². The third kappa shape index (κ3) is 4.47. The summed E-state index contributed by atoms with van der Waals surface area (Å²) in [6, 6.07) is 62.2. The third-order valence-corrected chi connectivity index (χ3v) is 10.5. The first-order chi connectivity index (χ1) is 26.2. The Balaban J connectivity index is 1.23. The summed E-state index contributed by atoms with van der Waals surface area (Å²) >= 11 is 0. The molecule has 0 bridgehead atoms. The van der Waals surface area contributed by atoms with E-state index in [0.717, 1.165) is 83.2 Å². The fourth-order valence-corrected chi connectivity index (χ4v) is 8.28. The fraction of sp³-hybridized carbons (Fsp3) is 0. The van der Waals surface area contributed by atoms with E-state index in [1.54, 1.807) is 12.1 Å². The van der Waals surface area contributed by atoms with Crippen molar-refractivity contribution in [3.05, 3.63) is 188 Å². The van der Waals surface area contributed by atoms with Gasteiger partial charge in [0.25, 0.3) is 0 Å². The quantitative estimate of drug-likeness (QED) is 0.180. The molecule has 53 heavy (non-hydrogen) atoms. The minimum Gasteiger partial charge on any atom is -0.454 e. The zero-order chi connectivity index (χ0) is 35.0. The van der Waals surface area contributed by atoms with Crippen LogP contribution in [0.2, 0.25) is 0 Å². The van der Waals surface area contributed by atoms with Crippen LogP contribution in [-0.4, -0.2) is 9.13 Å². The highest BCUT2D eigenvalue weighted by Crippen LogP contribution is 2.45. The van der Waals surface area contributed by atoms with E-state index < -0.39 is 0 Å². The molecule has 3 aromatic heterocycles. The van der Waals surface area contributed by atoms with Crippen LogP contribution in [-0.2, 0) is 0 Å². The summed E-state index contributed by atoms with van der Waals surface area (Å²) < 4.78 is 26.0. The molecule has 3 heterocycles. The predicted molar refractivity (Wildman–Crippen MR) is 217 cm³/mol. The summed E-state index contributed by atoms with van der Waals surface area (Å²) in [5.74, 6) is -0.273. The first kappa shape index (κ1) is 29.6. The van der Waals surface area contributed by atoms with Gasteiger partial charge in [-0.2, -0.15) is 0 Å². The number of aromatic nitrogens is 2. The highest BCUT2D eigenvalue weighted by atomic mass is 19.1. The Morgan fingerprint density at radius 2 is 0.925 bits per heavy atom. The molecule has 0 amide bonds. The molecule has 0 aliphatic rings. The van der Waals surface area contributed by atoms with Crippen LogP contribution in [0.5, 0.6) is 0 Å². The van der Waals surface area contributed by atoms with Gasteiger partial charge in [0.2, 0.25) is 0 Å². The molecule has 0 atom stereocenters. The van der Waals surface area contributed by atoms with Crippen molar-refractivity contribution in [1.82, 2.24) is 9.13 Å². The van der Waals surface area contributed by atoms with E-state index in [-0.39, 0.29) is 5.82 Å². The second-order valence-corrected chi connectivity index (χ2v) is 13.5. The van der Waals surface area contributed by atoms with Crippen LogP contribution in [0.3, 0.4) is 0 Å². The Morgan fingerprint density at radius 1 is 0.396 bits per heavy atom. The van der Waals surface area contributed by atoms with Gasteiger partial charge in [0.1, 0.15) is 11.4 Å². The van der Waals surface area contributed by atoms with Crippen LogP contribution >= 0.6 is 0 Å². The van der Waals surface area contributed by atoms with Gasteiger partial charge in [0, 0.05) is 55.1 Å². The highest BCUT2D eigenvalue weighted by molar-refractivity contribution is 6.14. The van der Waals surface area contributed by atoms with Crippen molar-refractivity contribution in [2.45, 2.75) is 0 Å². The lowest BCUT2D eigenvalue weighted by atomic mass is 10.1. The molecule has 5 heteroatoms. The van der Waals surface area contributed by atoms with Crippen LogP contribution < -0.4 is 4.90 Å². The lowest BCUT2D eigenvalue weighted by Crippen LogP contribution is -2.10. The van der Waals surface area contributed by atoms with Gasteiger partial charge in [-0.1, -0.05) is 103 Å². The standard InChI is InChI=1S/C48H30FN3O/c49-31-12-10-15-33(28-31)52-43-21-8-5-17-37(43)39-27-25-35(30-46(39)52)50(44-22-11-19-41-40-18-6-9-23-47(40)53-48(41)44)34-24-26-38-36-16-4-7-20-42(36)51(45(38)29-34)32-13-2-1-3-14-32/h1-30H. The number of para-hydroxylation sites is 5. The maximum atomic E-state index is 14.8. The van der Waals surface area contributed by atoms with Crippen molar-refractivity contribution in [2.75, 3.05) is 4.90 Å². The molecule has 0 saturated carbocycles. The molecule has 4 nitrogen and oxygen atoms in total. The van der Waals surface area contributed by atoms with Crippen molar-refractivity contribution in [3.8, 4) is 11.4 Å². The van der Waals surface area contributed by atoms with Crippen molar-refractivity contribution in [3.63, 3.8) is 0 Å². The molecule has 250 valence electrons. The molecule has 0 aliphatic carbocycles. The minimum absolute atomic E-state index is 0.273. The zero-order valence-electron chi connectivity index (χ0n) is 28.4. The van der Waals surface area contributed by atoms with Crippen molar-refractivity contribution in [2.24, 2.45) is 0 Å². The van der Waals surface area contributed by atoms with Gasteiger partial charge in [0.05, 0.1) is 27.8 Å². The highest BCUT2D eigenvalue weighted by Gasteiger charge is 2.23. The van der Waals surface area contributed by atoms with Gasteiger partial charge >= 0.3 is 0 Å². The average molecular weight is 684 g/mol. The number of furan rings is 1. The van der Waals surface area contributed by atoms with Gasteiger partial charge < -0.3 is 18.5 Å². The largest absolute Gasteiger partial charge is 0.454 e. The van der Waals surface area contributed by atoms with E-state index in [1.165, 1.54) is 16.8 Å². The average Bonchev–Trinajstić information content (AvgIpc) is 3.86. The molecule has 0 saturated heterocycles. The van der Waals surface area contributed by atoms with Crippen molar-refractivity contribution < 1.29 is 8.81 Å². The molecule has 0 fully saturated rings. The van der Waals surface area contributed by atoms with E-state index >= 15 is 0 Å². The Kier molecular flexibility index (Phi) is 6.40. The van der Waals surface area contributed by atoms with Crippen LogP contribution in [0.1, 0.15) is 0 Å². The maximum Gasteiger partial charge on any atom is 0.159 e. The topological polar surface area (TPSA) is 26.2 Å². The molecule has 11 rings (SSSR count). The number of halogens is 1. The molecule has 0 N–H and O–H groups in total. The number of anilines is 3. The fourth-order valence-electron chi connectivity index (χ4n) is 8.28. The van der Waals surface area contributed by atoms with Gasteiger partial charge in [-0.3, -0.25) is 0 Å². The smallest absolute Gasteiger partial charge is 0.159 e. The Hall–Kier alpha value is -7.11. The summed E-state index contributed by atoms with van der Waals surface area (Å²) in [6.45, 7) is 0. The second kappa shape index (κ2) is 11.5. The molecule has 8 aromatic carbocycles. The summed E-state index contributed by atoms with van der Waals surface area (Å²) in [5.41, 5.74) is 10.6. The van der Waals surface area contributed by atoms with Gasteiger partial charge in [-0.15, -0.1) is 0 Å². The van der Waals surface area contributed by atoms with Crippen LogP contribution in [0, 0.1) is 5.82 Å². The molecule has 0 radical (unpaired) electrons. The number of hydrogen-bond acceptors (Lipinski definition) is 2. The van der Waals surface area contributed by atoms with Crippen LogP contribution in [0.25, 0.3) is 76.9 Å². The number of rotatable bonds is 5. The molecule has 0 spiro atoms. The Bertz CT molecular complexity index is 3210. The molecular formula is C48H30FN3O. The molecular weight excluding hydrogens is 654 g/mol. The van der Waals surface area contributed by atoms with Gasteiger partial charge in [0.15, 0.2) is 5.58 Å². The molecule has 11 aromatic rings. The third-order valence-electron chi connectivity index (χ3n) is 10.5. The van der Waals surface area contributed by atoms with Crippen molar-refractivity contribution in [1.29, 1.82) is 0 Å². The maximum absolute atomic E-state index is 14.8. The monoisotopic (exact) mass is 683 g/mol. The van der Waals surface area contributed by atoms with E-state index in [1.807, 2.05) is 24.3 Å². The molecule has 0 unspecified atom stereocenters. The summed E-state index contributed by atoms with van der Waals surface area (Å²) in [7, 11) is 0. The van der Waals surface area contributed by atoms with Crippen molar-refractivity contribution >= 4 is 82.6 Å². The summed E-state index contributed by atoms with van der Waals surface area (Å²) in [6.07, 6.45) is 0. The first-order valence-electron chi connectivity index (χ1n) is 17.8. The second-order valence-electron chi connectivity index (χ2n) is 13.5. The Morgan fingerprint density at radius 3 is 1.60 bits per heavy atom. The van der Waals surface area contributed by atoms with Crippen LogP contribution in [0.4, 0.5) is 21.5 Å². The summed E-state index contributed by atoms with van der Waals surface area (Å²) in [5, 5.41) is 6.71. The first-order valence-corrected chi connectivity index (χ1v) is 17.8. The summed E-state index contributed by atoms with van der Waals surface area (Å²) in [4.78, 5) is 2.30. The molecule has 0 aliphatic heterocycles. The van der Waals surface area contributed by atoms with E-state index in [2.05, 4.69) is 154 Å². The number of nitrogens with zero attached hydrogens (tertiary/aromatic N) is 3. The van der Waals surface area contributed by atoms with Gasteiger partial charge in [-0.05, 0) is 78.9 Å². The lowest BCUT2D eigenvalue weighted by Gasteiger charge is -2.26. The SMILES string of the molecule is Fc1cccc(-n2c3ccccc3c3ccc(N(c4ccc5c6ccccc6n(-c6ccccc6)c5c4)c4cccc5c4oc4ccccc45)cc32)c1. The zero-order valence-corrected chi connectivity index (χ0v) is 28.4. The van der Waals surface area contributed by atoms with Gasteiger partial charge in [-0.25, -0.2) is 4.39 Å². The Labute approximate surface area is 303 Å². The number of hydrogen-bond donors (Lipinski definition) is 0. The predicted octanol–water partition coefficient (Wildman–Crippen LogP) is 13.4.